The van der Waals surface area contributed by atoms with Crippen molar-refractivity contribution in [3.05, 3.63) is 188 Å². The van der Waals surface area contributed by atoms with Crippen molar-refractivity contribution in [1.82, 2.24) is 15.0 Å². The van der Waals surface area contributed by atoms with Crippen molar-refractivity contribution in [3.8, 4) is 56.4 Å². The average molecular weight is 677 g/mol. The highest BCUT2D eigenvalue weighted by molar-refractivity contribution is 6.13. The smallest absolute Gasteiger partial charge is 0.164 e. The second-order valence-corrected chi connectivity index (χ2v) is 12.0. The van der Waals surface area contributed by atoms with Gasteiger partial charge in [-0.2, -0.15) is 0 Å². The molecule has 0 amide bonds. The summed E-state index contributed by atoms with van der Waals surface area (Å²) in [5.74, 6) is 0.0984. The number of hydrogen-bond donors (Lipinski definition) is 0. The van der Waals surface area contributed by atoms with Gasteiger partial charge in [-0.25, -0.2) is 15.0 Å². The van der Waals surface area contributed by atoms with Gasteiger partial charge in [0.05, 0.1) is 20.6 Å². The maximum atomic E-state index is 9.72. The topological polar surface area (TPSA) is 38.7 Å². The normalized spacial score (nSPS) is 15.5. The lowest BCUT2D eigenvalue weighted by Crippen LogP contribution is -2.01. The molecule has 242 valence electrons. The molecule has 0 spiro atoms. The average Bonchev–Trinajstić information content (AvgIpc) is 3.33. The zero-order chi connectivity index (χ0) is 47.5. The third-order valence-corrected chi connectivity index (χ3v) is 8.90. The Bertz CT molecular complexity index is 3800. The van der Waals surface area contributed by atoms with Gasteiger partial charge < -0.3 is 0 Å². The van der Waals surface area contributed by atoms with Crippen molar-refractivity contribution in [3.63, 3.8) is 0 Å². The minimum atomic E-state index is -0.798. The van der Waals surface area contributed by atoms with Crippen molar-refractivity contribution in [2.24, 2.45) is 0 Å². The van der Waals surface area contributed by atoms with Crippen molar-refractivity contribution < 1.29 is 20.6 Å². The lowest BCUT2D eigenvalue weighted by molar-refractivity contribution is 1.08. The van der Waals surface area contributed by atoms with E-state index < -0.39 is 124 Å². The molecule has 0 radical (unpaired) electrons. The third kappa shape index (κ3) is 5.28. The summed E-state index contributed by atoms with van der Waals surface area (Å²) in [7, 11) is 0. The van der Waals surface area contributed by atoms with Crippen LogP contribution in [-0.2, 0) is 0 Å². The van der Waals surface area contributed by atoms with Gasteiger partial charge in [-0.3, -0.25) is 0 Å². The summed E-state index contributed by atoms with van der Waals surface area (Å²) in [5.41, 5.74) is -1.38. The number of rotatable bonds is 5. The molecule has 9 aromatic carbocycles. The van der Waals surface area contributed by atoms with Gasteiger partial charge in [0.1, 0.15) is 0 Å². The molecule has 0 aliphatic carbocycles. The fraction of sp³-hybridized carbons (Fsp3) is 0. The Morgan fingerprint density at radius 1 is 0.327 bits per heavy atom. The molecule has 0 aliphatic heterocycles. The number of benzene rings is 9. The standard InChI is InChI=1S/C49H31N3/c1-2-11-32(12-3-1)37-25-26-40-30-38(27-28-39(40)29-37)36-17-8-18-41(31-36)47-50-48(44-21-9-15-33-13-4-6-19-42(33)44)52-49(51-47)45-22-10-16-35-24-23-34-14-5-7-20-43(34)46(35)45/h1-31H/i1D,2D,3D,8D,11D,12D,17D,18D,25D,26D,27D,28D,29D,30D,31D. The summed E-state index contributed by atoms with van der Waals surface area (Å²) in [6.07, 6.45) is 0. The van der Waals surface area contributed by atoms with Gasteiger partial charge in [-0.1, -0.05) is 170 Å². The maximum absolute atomic E-state index is 9.72. The minimum Gasteiger partial charge on any atom is -0.208 e. The van der Waals surface area contributed by atoms with E-state index in [0.717, 1.165) is 32.3 Å². The van der Waals surface area contributed by atoms with Crippen LogP contribution < -0.4 is 0 Å². The highest BCUT2D eigenvalue weighted by Crippen LogP contribution is 2.36. The van der Waals surface area contributed by atoms with Gasteiger partial charge in [0.2, 0.25) is 0 Å². The van der Waals surface area contributed by atoms with E-state index in [2.05, 4.69) is 0 Å². The molecule has 1 aromatic heterocycles. The summed E-state index contributed by atoms with van der Waals surface area (Å²) in [5, 5.41) is 4.23. The first kappa shape index (κ1) is 18.3. The molecule has 0 saturated carbocycles. The Labute approximate surface area is 322 Å². The summed E-state index contributed by atoms with van der Waals surface area (Å²) in [6.45, 7) is 0. The van der Waals surface area contributed by atoms with Gasteiger partial charge in [0.15, 0.2) is 17.5 Å². The van der Waals surface area contributed by atoms with Gasteiger partial charge in [-0.15, -0.1) is 0 Å². The van der Waals surface area contributed by atoms with Crippen molar-refractivity contribution in [2.45, 2.75) is 0 Å². The zero-order valence-electron chi connectivity index (χ0n) is 42.1. The summed E-state index contributed by atoms with van der Waals surface area (Å²) < 4.78 is 134. The number of hydrogen-bond acceptors (Lipinski definition) is 3. The van der Waals surface area contributed by atoms with Gasteiger partial charge in [-0.05, 0) is 78.1 Å². The van der Waals surface area contributed by atoms with Gasteiger partial charge in [0, 0.05) is 22.1 Å². The first-order valence-electron chi connectivity index (χ1n) is 23.9. The molecule has 0 fully saturated rings. The lowest BCUT2D eigenvalue weighted by atomic mass is 9.96. The molecule has 0 bridgehead atoms. The molecule has 3 nitrogen and oxygen atoms in total. The molecule has 0 N–H and O–H groups in total. The van der Waals surface area contributed by atoms with Gasteiger partial charge in [0.25, 0.3) is 0 Å². The zero-order valence-corrected chi connectivity index (χ0v) is 27.1. The van der Waals surface area contributed by atoms with Crippen LogP contribution in [0.4, 0.5) is 0 Å². The number of fused-ring (bicyclic) bond motifs is 5. The first-order chi connectivity index (χ1) is 32.0. The largest absolute Gasteiger partial charge is 0.208 e. The predicted octanol–water partition coefficient (Wildman–Crippen LogP) is 12.8. The highest BCUT2D eigenvalue weighted by atomic mass is 15.0. The van der Waals surface area contributed by atoms with E-state index >= 15 is 0 Å². The molecule has 0 unspecified atom stereocenters. The molecular formula is C49H31N3. The van der Waals surface area contributed by atoms with E-state index in [-0.39, 0.29) is 23.0 Å². The Hall–Kier alpha value is -6.97. The van der Waals surface area contributed by atoms with Crippen LogP contribution in [0.25, 0.3) is 99.5 Å². The van der Waals surface area contributed by atoms with Crippen LogP contribution in [0.3, 0.4) is 0 Å². The van der Waals surface area contributed by atoms with Crippen molar-refractivity contribution >= 4 is 43.1 Å². The molecule has 0 saturated heterocycles. The molecule has 3 heteroatoms. The van der Waals surface area contributed by atoms with Crippen LogP contribution in [-0.4, -0.2) is 15.0 Å². The molecular weight excluding hydrogens is 631 g/mol. The number of nitrogens with zero attached hydrogens (tertiary/aromatic N) is 3. The van der Waals surface area contributed by atoms with Crippen LogP contribution >= 0.6 is 0 Å². The highest BCUT2D eigenvalue weighted by Gasteiger charge is 2.17. The van der Waals surface area contributed by atoms with Crippen LogP contribution in [0.5, 0.6) is 0 Å². The summed E-state index contributed by atoms with van der Waals surface area (Å²) in [4.78, 5) is 14.8. The SMILES string of the molecule is [2H]c1c([2H])c([2H])c(-c2c([2H])c([2H])c3c([2H])c(-c4c([2H])c([2H])c([2H])c(-c5nc(-c6cccc7ccccc67)nc(-c6cccc7ccc8ccccc8c67)n5)c4[2H])c([2H])c([2H])c3c2[2H])c([2H])c1[2H]. The fourth-order valence-corrected chi connectivity index (χ4v) is 6.48. The van der Waals surface area contributed by atoms with Crippen LogP contribution in [0, 0.1) is 0 Å². The van der Waals surface area contributed by atoms with E-state index in [1.54, 1.807) is 0 Å². The molecule has 52 heavy (non-hydrogen) atoms. The molecule has 0 atom stereocenters. The Morgan fingerprint density at radius 3 is 1.65 bits per heavy atom. The molecule has 0 aliphatic rings. The van der Waals surface area contributed by atoms with Crippen molar-refractivity contribution in [1.29, 1.82) is 0 Å². The summed E-state index contributed by atoms with van der Waals surface area (Å²) >= 11 is 0. The van der Waals surface area contributed by atoms with E-state index in [9.17, 15) is 6.85 Å². The second kappa shape index (κ2) is 12.4. The predicted molar refractivity (Wildman–Crippen MR) is 217 cm³/mol. The lowest BCUT2D eigenvalue weighted by Gasteiger charge is -2.13. The van der Waals surface area contributed by atoms with Crippen LogP contribution in [0.15, 0.2) is 188 Å². The van der Waals surface area contributed by atoms with E-state index in [0.29, 0.717) is 11.1 Å². The number of aromatic nitrogens is 3. The van der Waals surface area contributed by atoms with E-state index in [1.165, 1.54) is 0 Å². The Morgan fingerprint density at radius 2 is 0.865 bits per heavy atom. The van der Waals surface area contributed by atoms with Crippen molar-refractivity contribution in [2.75, 3.05) is 0 Å². The van der Waals surface area contributed by atoms with E-state index in [4.69, 9.17) is 28.7 Å². The quantitative estimate of drug-likeness (QED) is 0.170. The summed E-state index contributed by atoms with van der Waals surface area (Å²) in [6, 6.07) is 19.6. The van der Waals surface area contributed by atoms with E-state index in [1.807, 2.05) is 97.1 Å². The maximum Gasteiger partial charge on any atom is 0.164 e. The minimum absolute atomic E-state index is 0.164. The first-order valence-corrected chi connectivity index (χ1v) is 16.4. The third-order valence-electron chi connectivity index (χ3n) is 8.90. The second-order valence-electron chi connectivity index (χ2n) is 12.0. The monoisotopic (exact) mass is 676 g/mol. The van der Waals surface area contributed by atoms with Crippen LogP contribution in [0.1, 0.15) is 20.6 Å². The molecule has 10 aromatic rings. The Kier molecular flexibility index (Phi) is 4.37. The molecule has 10 rings (SSSR count). The van der Waals surface area contributed by atoms with Gasteiger partial charge >= 0.3 is 0 Å². The molecule has 1 heterocycles. The van der Waals surface area contributed by atoms with Crippen LogP contribution in [0.2, 0.25) is 0 Å². The Balaban J connectivity index is 1.27. The fourth-order valence-electron chi connectivity index (χ4n) is 6.48.